The second-order valence-corrected chi connectivity index (χ2v) is 10.9. The molecule has 9 heteroatoms. The molecule has 0 unspecified atom stereocenters. The molecule has 170 valence electrons. The Morgan fingerprint density at radius 2 is 1.74 bits per heavy atom. The number of thioether (sulfide) groups is 1. The molecule has 1 atom stereocenters. The smallest absolute Gasteiger partial charge is 0.243 e. The third-order valence-corrected chi connectivity index (χ3v) is 8.02. The van der Waals surface area contributed by atoms with E-state index in [0.29, 0.717) is 24.3 Å². The largest absolute Gasteiger partial charge is 0.325 e. The molecular formula is C22H32N4O3S2. The molecule has 1 N–H and O–H groups in total. The fourth-order valence-corrected chi connectivity index (χ4v) is 5.64. The molecule has 0 aliphatic carbocycles. The van der Waals surface area contributed by atoms with E-state index in [0.717, 1.165) is 16.5 Å². The predicted molar refractivity (Wildman–Crippen MR) is 126 cm³/mol. The van der Waals surface area contributed by atoms with Gasteiger partial charge < -0.3 is 5.32 Å². The average Bonchev–Trinajstić information content (AvgIpc) is 2.69. The lowest BCUT2D eigenvalue weighted by Gasteiger charge is -2.20. The van der Waals surface area contributed by atoms with Gasteiger partial charge in [-0.15, -0.1) is 0 Å². The van der Waals surface area contributed by atoms with Gasteiger partial charge in [0.05, 0.1) is 10.1 Å². The Kier molecular flexibility index (Phi) is 8.62. The first kappa shape index (κ1) is 25.3. The van der Waals surface area contributed by atoms with Crippen LogP contribution < -0.4 is 5.32 Å². The number of sulfonamides is 1. The average molecular weight is 465 g/mol. The number of carbonyl (C=O) groups is 1. The van der Waals surface area contributed by atoms with Crippen molar-refractivity contribution in [2.75, 3.05) is 18.4 Å². The van der Waals surface area contributed by atoms with Crippen LogP contribution in [0, 0.1) is 13.8 Å². The van der Waals surface area contributed by atoms with Gasteiger partial charge in [-0.1, -0.05) is 45.5 Å². The van der Waals surface area contributed by atoms with Gasteiger partial charge in [-0.3, -0.25) is 4.79 Å². The fraction of sp³-hybridized carbons (Fsp3) is 0.500. The number of aromatic nitrogens is 2. The monoisotopic (exact) mass is 464 g/mol. The molecule has 0 saturated carbocycles. The molecule has 0 fully saturated rings. The van der Waals surface area contributed by atoms with Crippen molar-refractivity contribution in [2.24, 2.45) is 0 Å². The Labute approximate surface area is 190 Å². The van der Waals surface area contributed by atoms with Gasteiger partial charge in [0.2, 0.25) is 15.9 Å². The molecule has 2 rings (SSSR count). The van der Waals surface area contributed by atoms with Crippen LogP contribution in [0.1, 0.15) is 57.6 Å². The highest BCUT2D eigenvalue weighted by molar-refractivity contribution is 8.00. The molecule has 1 aromatic carbocycles. The minimum absolute atomic E-state index is 0.196. The zero-order chi connectivity index (χ0) is 23.3. The summed E-state index contributed by atoms with van der Waals surface area (Å²) in [5.41, 5.74) is 1.96. The summed E-state index contributed by atoms with van der Waals surface area (Å²) in [5, 5.41) is 3.17. The van der Waals surface area contributed by atoms with Crippen molar-refractivity contribution in [3.05, 3.63) is 41.3 Å². The van der Waals surface area contributed by atoms with E-state index in [2.05, 4.69) is 15.3 Å². The number of nitrogens with one attached hydrogen (secondary N) is 1. The number of nitrogens with zero attached hydrogens (tertiary/aromatic N) is 3. The molecule has 0 aliphatic heterocycles. The summed E-state index contributed by atoms with van der Waals surface area (Å²) in [6, 6.07) is 6.83. The van der Waals surface area contributed by atoms with E-state index >= 15 is 0 Å². The molecule has 0 radical (unpaired) electrons. The van der Waals surface area contributed by atoms with Crippen molar-refractivity contribution in [3.63, 3.8) is 0 Å². The van der Waals surface area contributed by atoms with E-state index in [1.807, 2.05) is 26.8 Å². The molecule has 31 heavy (non-hydrogen) atoms. The Bertz CT molecular complexity index is 1040. The molecular weight excluding hydrogens is 432 g/mol. The number of hydrogen-bond acceptors (Lipinski definition) is 6. The van der Waals surface area contributed by atoms with E-state index in [-0.39, 0.29) is 16.7 Å². The SMILES string of the molecule is CCN(CC)S(=O)(=O)c1cc(NC(=O)[C@H](C)Sc2cc(C)nc(C(C)C)n2)ccc1C. The minimum atomic E-state index is -3.62. The van der Waals surface area contributed by atoms with E-state index in [4.69, 9.17) is 0 Å². The Morgan fingerprint density at radius 1 is 1.10 bits per heavy atom. The lowest BCUT2D eigenvalue weighted by molar-refractivity contribution is -0.115. The van der Waals surface area contributed by atoms with Gasteiger partial charge in [0.25, 0.3) is 0 Å². The third-order valence-electron chi connectivity index (χ3n) is 4.81. The maximum absolute atomic E-state index is 12.9. The molecule has 7 nitrogen and oxygen atoms in total. The van der Waals surface area contributed by atoms with Crippen molar-refractivity contribution in [1.82, 2.24) is 14.3 Å². The molecule has 0 spiro atoms. The van der Waals surface area contributed by atoms with Gasteiger partial charge in [-0.05, 0) is 44.5 Å². The number of hydrogen-bond donors (Lipinski definition) is 1. The second kappa shape index (κ2) is 10.6. The van der Waals surface area contributed by atoms with Crippen molar-refractivity contribution in [3.8, 4) is 0 Å². The number of carbonyl (C=O) groups excluding carboxylic acids is 1. The molecule has 1 amide bonds. The zero-order valence-corrected chi connectivity index (χ0v) is 20.9. The van der Waals surface area contributed by atoms with Crippen LogP contribution in [-0.2, 0) is 14.8 Å². The lowest BCUT2D eigenvalue weighted by atomic mass is 10.2. The molecule has 0 bridgehead atoms. The summed E-state index contributed by atoms with van der Waals surface area (Å²) < 4.78 is 27.3. The van der Waals surface area contributed by atoms with Crippen LogP contribution >= 0.6 is 11.8 Å². The van der Waals surface area contributed by atoms with E-state index in [1.165, 1.54) is 22.1 Å². The van der Waals surface area contributed by atoms with E-state index in [1.54, 1.807) is 39.8 Å². The van der Waals surface area contributed by atoms with Gasteiger partial charge >= 0.3 is 0 Å². The molecule has 1 heterocycles. The number of aryl methyl sites for hydroxylation is 2. The summed E-state index contributed by atoms with van der Waals surface area (Å²) in [5.74, 6) is 0.726. The van der Waals surface area contributed by atoms with Crippen molar-refractivity contribution < 1.29 is 13.2 Å². The molecule has 0 saturated heterocycles. The van der Waals surface area contributed by atoms with Crippen LogP contribution in [0.25, 0.3) is 0 Å². The first-order chi connectivity index (χ1) is 14.5. The van der Waals surface area contributed by atoms with Crippen LogP contribution in [0.2, 0.25) is 0 Å². The highest BCUT2D eigenvalue weighted by Crippen LogP contribution is 2.27. The normalized spacial score (nSPS) is 12.9. The minimum Gasteiger partial charge on any atom is -0.325 e. The van der Waals surface area contributed by atoms with Gasteiger partial charge in [0.1, 0.15) is 10.9 Å². The summed E-state index contributed by atoms with van der Waals surface area (Å²) in [6.07, 6.45) is 0. The standard InChI is InChI=1S/C22H32N4O3S2/c1-8-26(9-2)31(28,29)19-13-18(11-10-15(19)5)24-22(27)17(7)30-20-12-16(6)23-21(25-20)14(3)4/h10-14,17H,8-9H2,1-7H3,(H,24,27)/t17-/m0/s1. The van der Waals surface area contributed by atoms with Crippen LogP contribution in [0.5, 0.6) is 0 Å². The Hall–Kier alpha value is -1.97. The van der Waals surface area contributed by atoms with Gasteiger partial charge in [-0.2, -0.15) is 4.31 Å². The molecule has 0 aliphatic rings. The van der Waals surface area contributed by atoms with Crippen molar-refractivity contribution in [1.29, 1.82) is 0 Å². The first-order valence-electron chi connectivity index (χ1n) is 10.4. The second-order valence-electron chi connectivity index (χ2n) is 7.68. The highest BCUT2D eigenvalue weighted by Gasteiger charge is 2.24. The topological polar surface area (TPSA) is 92.3 Å². The van der Waals surface area contributed by atoms with Gasteiger partial charge in [-0.25, -0.2) is 18.4 Å². The summed E-state index contributed by atoms with van der Waals surface area (Å²) in [4.78, 5) is 22.0. The van der Waals surface area contributed by atoms with E-state index in [9.17, 15) is 13.2 Å². The number of anilines is 1. The maximum atomic E-state index is 12.9. The zero-order valence-electron chi connectivity index (χ0n) is 19.3. The maximum Gasteiger partial charge on any atom is 0.243 e. The van der Waals surface area contributed by atoms with Crippen molar-refractivity contribution in [2.45, 2.75) is 69.6 Å². The number of rotatable bonds is 9. The van der Waals surface area contributed by atoms with Crippen LogP contribution in [0.3, 0.4) is 0 Å². The van der Waals surface area contributed by atoms with Crippen LogP contribution in [-0.4, -0.2) is 46.9 Å². The summed E-state index contributed by atoms with van der Waals surface area (Å²) >= 11 is 1.35. The first-order valence-corrected chi connectivity index (χ1v) is 12.7. The molecule has 2 aromatic rings. The molecule has 1 aromatic heterocycles. The lowest BCUT2D eigenvalue weighted by Crippen LogP contribution is -2.31. The number of benzene rings is 1. The predicted octanol–water partition coefficient (Wildman–Crippen LogP) is 4.37. The van der Waals surface area contributed by atoms with E-state index < -0.39 is 15.3 Å². The highest BCUT2D eigenvalue weighted by atomic mass is 32.2. The van der Waals surface area contributed by atoms with Crippen molar-refractivity contribution >= 4 is 33.4 Å². The summed E-state index contributed by atoms with van der Waals surface area (Å²) in [7, 11) is -3.62. The van der Waals surface area contributed by atoms with Crippen LogP contribution in [0.4, 0.5) is 5.69 Å². The Balaban J connectivity index is 2.21. The van der Waals surface area contributed by atoms with Gasteiger partial charge in [0.15, 0.2) is 0 Å². The quantitative estimate of drug-likeness (QED) is 0.438. The third kappa shape index (κ3) is 6.27. The number of amides is 1. The summed E-state index contributed by atoms with van der Waals surface area (Å²) in [6.45, 7) is 13.9. The fourth-order valence-electron chi connectivity index (χ4n) is 3.02. The van der Waals surface area contributed by atoms with Gasteiger partial charge in [0, 0.05) is 30.4 Å². The Morgan fingerprint density at radius 3 is 2.32 bits per heavy atom. The van der Waals surface area contributed by atoms with Crippen LogP contribution in [0.15, 0.2) is 34.2 Å².